The maximum Gasteiger partial charge on any atom is 0.436 e. The first-order chi connectivity index (χ1) is 10.2. The third-order valence-electron chi connectivity index (χ3n) is 3.34. The summed E-state index contributed by atoms with van der Waals surface area (Å²) in [5, 5.41) is 6.16. The van der Waals surface area contributed by atoms with E-state index < -0.39 is 11.9 Å². The van der Waals surface area contributed by atoms with Gasteiger partial charge >= 0.3 is 6.18 Å². The SMILES string of the molecule is CCN(CC)CCNC(=O)Cn1nc(C(F)(F)F)c(Br)c1C. The lowest BCUT2D eigenvalue weighted by molar-refractivity contribution is -0.142. The lowest BCUT2D eigenvalue weighted by Crippen LogP contribution is -2.36. The highest BCUT2D eigenvalue weighted by atomic mass is 79.9. The van der Waals surface area contributed by atoms with Gasteiger partial charge in [0.25, 0.3) is 0 Å². The summed E-state index contributed by atoms with van der Waals surface area (Å²) in [7, 11) is 0. The van der Waals surface area contributed by atoms with Gasteiger partial charge in [0, 0.05) is 13.1 Å². The third kappa shape index (κ3) is 4.98. The summed E-state index contributed by atoms with van der Waals surface area (Å²) in [5.41, 5.74) is -0.743. The molecular formula is C13H20BrF3N4O. The molecule has 0 bridgehead atoms. The number of amides is 1. The normalized spacial score (nSPS) is 12.0. The van der Waals surface area contributed by atoms with Crippen LogP contribution in [-0.4, -0.2) is 46.8 Å². The van der Waals surface area contributed by atoms with E-state index in [-0.39, 0.29) is 22.6 Å². The van der Waals surface area contributed by atoms with Gasteiger partial charge in [-0.1, -0.05) is 13.8 Å². The standard InChI is InChI=1S/C13H20BrF3N4O/c1-4-20(5-2)7-6-18-10(22)8-21-9(3)11(14)12(19-21)13(15,16)17/h4-8H2,1-3H3,(H,18,22). The minimum absolute atomic E-state index is 0.129. The van der Waals surface area contributed by atoms with Crippen molar-refractivity contribution in [3.05, 3.63) is 15.9 Å². The number of likely N-dealkylation sites (N-methyl/N-ethyl adjacent to an activating group) is 1. The molecule has 5 nitrogen and oxygen atoms in total. The van der Waals surface area contributed by atoms with E-state index >= 15 is 0 Å². The van der Waals surface area contributed by atoms with Crippen molar-refractivity contribution in [2.24, 2.45) is 0 Å². The molecule has 1 aromatic heterocycles. The number of hydrogen-bond acceptors (Lipinski definition) is 3. The minimum atomic E-state index is -4.55. The molecular weight excluding hydrogens is 365 g/mol. The van der Waals surface area contributed by atoms with Gasteiger partial charge < -0.3 is 10.2 Å². The molecule has 1 N–H and O–H groups in total. The molecule has 0 radical (unpaired) electrons. The van der Waals surface area contributed by atoms with Crippen molar-refractivity contribution in [1.29, 1.82) is 0 Å². The fourth-order valence-electron chi connectivity index (χ4n) is 1.94. The van der Waals surface area contributed by atoms with Gasteiger partial charge in [0.2, 0.25) is 5.91 Å². The predicted molar refractivity (Wildman–Crippen MR) is 80.5 cm³/mol. The first-order valence-electron chi connectivity index (χ1n) is 6.99. The average molecular weight is 385 g/mol. The Balaban J connectivity index is 2.62. The molecule has 0 unspecified atom stereocenters. The van der Waals surface area contributed by atoms with Crippen LogP contribution >= 0.6 is 15.9 Å². The number of rotatable bonds is 7. The van der Waals surface area contributed by atoms with Crippen LogP contribution in [0.3, 0.4) is 0 Å². The van der Waals surface area contributed by atoms with Gasteiger partial charge in [0.05, 0.1) is 10.2 Å². The number of aromatic nitrogens is 2. The van der Waals surface area contributed by atoms with Crippen LogP contribution < -0.4 is 5.32 Å². The molecule has 0 saturated carbocycles. The number of hydrogen-bond donors (Lipinski definition) is 1. The summed E-state index contributed by atoms with van der Waals surface area (Å²) in [5.74, 6) is -0.362. The molecule has 0 aromatic carbocycles. The summed E-state index contributed by atoms with van der Waals surface area (Å²) < 4.78 is 39.1. The monoisotopic (exact) mass is 384 g/mol. The Morgan fingerprint density at radius 2 is 1.95 bits per heavy atom. The number of nitrogens with zero attached hydrogens (tertiary/aromatic N) is 3. The number of alkyl halides is 3. The van der Waals surface area contributed by atoms with E-state index in [1.54, 1.807) is 0 Å². The van der Waals surface area contributed by atoms with Crippen LogP contribution in [0.1, 0.15) is 25.2 Å². The second kappa shape index (κ2) is 7.96. The second-order valence-electron chi connectivity index (χ2n) is 4.78. The minimum Gasteiger partial charge on any atom is -0.353 e. The van der Waals surface area contributed by atoms with Gasteiger partial charge in [-0.15, -0.1) is 0 Å². The summed E-state index contributed by atoms with van der Waals surface area (Å²) in [6, 6.07) is 0. The van der Waals surface area contributed by atoms with E-state index in [2.05, 4.69) is 31.2 Å². The highest BCUT2D eigenvalue weighted by molar-refractivity contribution is 9.10. The molecule has 22 heavy (non-hydrogen) atoms. The van der Waals surface area contributed by atoms with Gasteiger partial charge in [-0.3, -0.25) is 9.48 Å². The molecule has 0 atom stereocenters. The van der Waals surface area contributed by atoms with Gasteiger partial charge in [-0.2, -0.15) is 18.3 Å². The molecule has 1 heterocycles. The first-order valence-corrected chi connectivity index (χ1v) is 7.79. The summed E-state index contributed by atoms with van der Waals surface area (Å²) in [6.07, 6.45) is -4.55. The second-order valence-corrected chi connectivity index (χ2v) is 5.57. The van der Waals surface area contributed by atoms with Gasteiger partial charge in [-0.25, -0.2) is 0 Å². The largest absolute Gasteiger partial charge is 0.436 e. The Morgan fingerprint density at radius 3 is 2.41 bits per heavy atom. The molecule has 126 valence electrons. The maximum absolute atomic E-state index is 12.7. The number of halogens is 4. The van der Waals surface area contributed by atoms with Crippen molar-refractivity contribution < 1.29 is 18.0 Å². The van der Waals surface area contributed by atoms with Crippen molar-refractivity contribution in [2.75, 3.05) is 26.2 Å². The van der Waals surface area contributed by atoms with Crippen molar-refractivity contribution in [2.45, 2.75) is 33.5 Å². The van der Waals surface area contributed by atoms with Crippen LogP contribution in [0, 0.1) is 6.92 Å². The van der Waals surface area contributed by atoms with Crippen LogP contribution in [0.5, 0.6) is 0 Å². The van der Waals surface area contributed by atoms with Crippen LogP contribution in [0.25, 0.3) is 0 Å². The zero-order valence-corrected chi connectivity index (χ0v) is 14.4. The van der Waals surface area contributed by atoms with E-state index in [1.807, 2.05) is 13.8 Å². The summed E-state index contributed by atoms with van der Waals surface area (Å²) in [4.78, 5) is 13.9. The van der Waals surface area contributed by atoms with E-state index in [9.17, 15) is 18.0 Å². The topological polar surface area (TPSA) is 50.2 Å². The van der Waals surface area contributed by atoms with Crippen LogP contribution in [-0.2, 0) is 17.5 Å². The lowest BCUT2D eigenvalue weighted by atomic mass is 10.3. The fourth-order valence-corrected chi connectivity index (χ4v) is 2.45. The molecule has 0 aliphatic rings. The number of carbonyl (C=O) groups excluding carboxylic acids is 1. The highest BCUT2D eigenvalue weighted by Gasteiger charge is 2.38. The van der Waals surface area contributed by atoms with E-state index in [0.717, 1.165) is 17.8 Å². The molecule has 1 aromatic rings. The molecule has 0 saturated heterocycles. The van der Waals surface area contributed by atoms with E-state index in [0.29, 0.717) is 13.1 Å². The molecule has 0 aliphatic carbocycles. The predicted octanol–water partition coefficient (Wildman–Crippen LogP) is 2.43. The maximum atomic E-state index is 12.7. The summed E-state index contributed by atoms with van der Waals surface area (Å²) in [6.45, 7) is 8.21. The van der Waals surface area contributed by atoms with E-state index in [4.69, 9.17) is 0 Å². The highest BCUT2D eigenvalue weighted by Crippen LogP contribution is 2.35. The smallest absolute Gasteiger partial charge is 0.353 e. The van der Waals surface area contributed by atoms with Gasteiger partial charge in [-0.05, 0) is 35.9 Å². The Kier molecular flexibility index (Phi) is 6.86. The number of nitrogens with one attached hydrogen (secondary N) is 1. The van der Waals surface area contributed by atoms with E-state index in [1.165, 1.54) is 6.92 Å². The lowest BCUT2D eigenvalue weighted by Gasteiger charge is -2.18. The molecule has 0 fully saturated rings. The zero-order valence-electron chi connectivity index (χ0n) is 12.8. The Morgan fingerprint density at radius 1 is 1.36 bits per heavy atom. The molecule has 1 rings (SSSR count). The third-order valence-corrected chi connectivity index (χ3v) is 4.29. The quantitative estimate of drug-likeness (QED) is 0.785. The molecule has 1 amide bonds. The van der Waals surface area contributed by atoms with Crippen molar-refractivity contribution in [1.82, 2.24) is 20.0 Å². The van der Waals surface area contributed by atoms with Crippen molar-refractivity contribution in [3.8, 4) is 0 Å². The molecule has 9 heteroatoms. The van der Waals surface area contributed by atoms with Gasteiger partial charge in [0.1, 0.15) is 6.54 Å². The fraction of sp³-hybridized carbons (Fsp3) is 0.692. The Labute approximate surface area is 136 Å². The van der Waals surface area contributed by atoms with Crippen LogP contribution in [0.2, 0.25) is 0 Å². The summed E-state index contributed by atoms with van der Waals surface area (Å²) >= 11 is 2.88. The average Bonchev–Trinajstić information content (AvgIpc) is 2.72. The van der Waals surface area contributed by atoms with Gasteiger partial charge in [0.15, 0.2) is 5.69 Å². The van der Waals surface area contributed by atoms with Crippen molar-refractivity contribution in [3.63, 3.8) is 0 Å². The van der Waals surface area contributed by atoms with Crippen LogP contribution in [0.15, 0.2) is 4.47 Å². The Bertz CT molecular complexity index is 512. The zero-order chi connectivity index (χ0) is 16.9. The van der Waals surface area contributed by atoms with Crippen LogP contribution in [0.4, 0.5) is 13.2 Å². The molecule has 0 spiro atoms. The first kappa shape index (κ1) is 19.0. The number of carbonyl (C=O) groups is 1. The molecule has 0 aliphatic heterocycles. The Hall–Kier alpha value is -1.09. The van der Waals surface area contributed by atoms with Crippen molar-refractivity contribution >= 4 is 21.8 Å².